The molecule has 0 bridgehead atoms. The van der Waals surface area contributed by atoms with Crippen LogP contribution in [0.1, 0.15) is 36.8 Å². The molecule has 0 heterocycles. The molecule has 10 heteroatoms. The van der Waals surface area contributed by atoms with Gasteiger partial charge in [-0.3, -0.25) is 18.6 Å². The minimum Gasteiger partial charge on any atom is -0.463 e. The summed E-state index contributed by atoms with van der Waals surface area (Å²) in [6.07, 6.45) is 1.85. The van der Waals surface area contributed by atoms with Gasteiger partial charge in [-0.25, -0.2) is 4.57 Å². The number of phosphoric ester groups is 1. The number of rotatable bonds is 18. The Bertz CT molecular complexity index is 949. The number of carbonyl (C=O) groups is 2. The van der Waals surface area contributed by atoms with Crippen molar-refractivity contribution < 1.29 is 42.1 Å². The number of carbonyl (C=O) groups excluding carboxylic acids is 2. The lowest BCUT2D eigenvalue weighted by Gasteiger charge is -2.25. The summed E-state index contributed by atoms with van der Waals surface area (Å²) in [6, 6.07) is 19.6. The largest absolute Gasteiger partial charge is 0.472 e. The van der Waals surface area contributed by atoms with E-state index in [0.29, 0.717) is 23.9 Å². The molecule has 2 aromatic rings. The number of hydrogen-bond acceptors (Lipinski definition) is 7. The first-order chi connectivity index (χ1) is 18.0. The molecule has 0 saturated heterocycles. The van der Waals surface area contributed by atoms with Crippen molar-refractivity contribution in [2.24, 2.45) is 0 Å². The van der Waals surface area contributed by atoms with Crippen LogP contribution >= 0.6 is 7.82 Å². The molecule has 38 heavy (non-hydrogen) atoms. The summed E-state index contributed by atoms with van der Waals surface area (Å²) >= 11 is 0. The quantitative estimate of drug-likeness (QED) is 0.166. The number of ether oxygens (including phenoxy) is 2. The molecule has 0 saturated carbocycles. The monoisotopic (exact) mass is 550 g/mol. The van der Waals surface area contributed by atoms with Gasteiger partial charge in [0.15, 0.2) is 0 Å². The first-order valence-electron chi connectivity index (χ1n) is 12.9. The van der Waals surface area contributed by atoms with Gasteiger partial charge in [-0.05, 0) is 36.8 Å². The SMILES string of the molecule is C[N+](C)(C)CCOP(=O)(O)OC(COC(=O)CCCc1ccccc1)COC(=O)CCCc1ccccc1. The van der Waals surface area contributed by atoms with Crippen LogP contribution in [-0.4, -0.2) is 74.9 Å². The summed E-state index contributed by atoms with van der Waals surface area (Å²) in [4.78, 5) is 34.7. The highest BCUT2D eigenvalue weighted by molar-refractivity contribution is 7.47. The zero-order valence-electron chi connectivity index (χ0n) is 22.6. The van der Waals surface area contributed by atoms with E-state index in [1.807, 2.05) is 81.8 Å². The maximum Gasteiger partial charge on any atom is 0.472 e. The van der Waals surface area contributed by atoms with Crippen molar-refractivity contribution in [3.8, 4) is 0 Å². The number of esters is 2. The molecule has 2 rings (SSSR count). The van der Waals surface area contributed by atoms with E-state index in [9.17, 15) is 19.0 Å². The highest BCUT2D eigenvalue weighted by atomic mass is 31.2. The standard InChI is InChI=1S/C28H40NO8P/c1-29(2,3)20-21-36-38(32,33)37-26(22-34-27(30)18-10-16-24-12-6-4-7-13-24)23-35-28(31)19-11-17-25-14-8-5-9-15-25/h4-9,12-15,26H,10-11,16-23H2,1-3H3/p+1. The Balaban J connectivity index is 1.82. The van der Waals surface area contributed by atoms with Crippen LogP contribution < -0.4 is 0 Å². The van der Waals surface area contributed by atoms with Crippen LogP contribution in [0.4, 0.5) is 0 Å². The van der Waals surface area contributed by atoms with E-state index in [2.05, 4.69) is 0 Å². The van der Waals surface area contributed by atoms with Crippen LogP contribution in [-0.2, 0) is 45.5 Å². The summed E-state index contributed by atoms with van der Waals surface area (Å²) in [5, 5.41) is 0. The molecule has 0 aliphatic heterocycles. The maximum atomic E-state index is 12.5. The van der Waals surface area contributed by atoms with Crippen molar-refractivity contribution in [1.29, 1.82) is 0 Å². The molecule has 0 fully saturated rings. The van der Waals surface area contributed by atoms with Gasteiger partial charge >= 0.3 is 19.8 Å². The van der Waals surface area contributed by atoms with E-state index >= 15 is 0 Å². The van der Waals surface area contributed by atoms with Crippen LogP contribution in [0.5, 0.6) is 0 Å². The Morgan fingerprint density at radius 3 is 1.68 bits per heavy atom. The first kappa shape index (κ1) is 31.7. The van der Waals surface area contributed by atoms with Crippen molar-refractivity contribution >= 4 is 19.8 Å². The van der Waals surface area contributed by atoms with Crippen LogP contribution in [0.25, 0.3) is 0 Å². The lowest BCUT2D eigenvalue weighted by molar-refractivity contribution is -0.870. The molecule has 210 valence electrons. The Morgan fingerprint density at radius 2 is 1.26 bits per heavy atom. The molecule has 2 aromatic carbocycles. The number of hydrogen-bond donors (Lipinski definition) is 1. The van der Waals surface area contributed by atoms with Crippen molar-refractivity contribution in [3.05, 3.63) is 71.8 Å². The van der Waals surface area contributed by atoms with Gasteiger partial charge in [-0.1, -0.05) is 60.7 Å². The zero-order valence-corrected chi connectivity index (χ0v) is 23.5. The van der Waals surface area contributed by atoms with E-state index in [0.717, 1.165) is 24.0 Å². The molecule has 0 radical (unpaired) electrons. The Morgan fingerprint density at radius 1 is 0.816 bits per heavy atom. The van der Waals surface area contributed by atoms with Crippen molar-refractivity contribution in [2.45, 2.75) is 44.6 Å². The van der Waals surface area contributed by atoms with Crippen molar-refractivity contribution in [1.82, 2.24) is 0 Å². The van der Waals surface area contributed by atoms with E-state index in [1.54, 1.807) is 0 Å². The minimum absolute atomic E-state index is 0.0114. The number of likely N-dealkylation sites (N-methyl/N-ethyl adjacent to an activating group) is 1. The fourth-order valence-corrected chi connectivity index (χ4v) is 4.31. The summed E-state index contributed by atoms with van der Waals surface area (Å²) in [5.74, 6) is -0.940. The second-order valence-electron chi connectivity index (χ2n) is 10.1. The molecule has 0 spiro atoms. The van der Waals surface area contributed by atoms with Gasteiger partial charge in [0, 0.05) is 12.8 Å². The zero-order chi connectivity index (χ0) is 27.9. The van der Waals surface area contributed by atoms with Gasteiger partial charge in [0.1, 0.15) is 32.5 Å². The molecule has 0 aliphatic carbocycles. The van der Waals surface area contributed by atoms with Gasteiger partial charge in [-0.15, -0.1) is 0 Å². The van der Waals surface area contributed by atoms with Crippen molar-refractivity contribution in [2.75, 3.05) is 47.5 Å². The molecule has 0 aromatic heterocycles. The van der Waals surface area contributed by atoms with Gasteiger partial charge in [0.25, 0.3) is 0 Å². The molecule has 1 atom stereocenters. The maximum absolute atomic E-state index is 12.5. The van der Waals surface area contributed by atoms with Gasteiger partial charge < -0.3 is 18.9 Å². The summed E-state index contributed by atoms with van der Waals surface area (Å²) in [5.41, 5.74) is 2.24. The number of aryl methyl sites for hydroxylation is 2. The van der Waals surface area contributed by atoms with E-state index in [4.69, 9.17) is 18.5 Å². The second kappa shape index (κ2) is 16.4. The molecular weight excluding hydrogens is 509 g/mol. The normalized spacial score (nSPS) is 13.2. The third-order valence-corrected chi connectivity index (χ3v) is 6.61. The van der Waals surface area contributed by atoms with Crippen molar-refractivity contribution in [3.63, 3.8) is 0 Å². The Labute approximate surface area is 225 Å². The number of phosphoric acid groups is 1. The number of quaternary nitrogens is 1. The third-order valence-electron chi connectivity index (χ3n) is 5.54. The highest BCUT2D eigenvalue weighted by Gasteiger charge is 2.29. The van der Waals surface area contributed by atoms with E-state index in [1.165, 1.54) is 0 Å². The Kier molecular flexibility index (Phi) is 13.7. The molecule has 1 unspecified atom stereocenters. The summed E-state index contributed by atoms with van der Waals surface area (Å²) in [6.45, 7) is -0.219. The number of benzene rings is 2. The lowest BCUT2D eigenvalue weighted by atomic mass is 10.1. The van der Waals surface area contributed by atoms with Gasteiger partial charge in [-0.2, -0.15) is 0 Å². The Hall–Kier alpha value is -2.55. The van der Waals surface area contributed by atoms with Gasteiger partial charge in [0.05, 0.1) is 21.1 Å². The molecule has 0 amide bonds. The minimum atomic E-state index is -4.47. The molecule has 9 nitrogen and oxygen atoms in total. The fourth-order valence-electron chi connectivity index (χ4n) is 3.44. The predicted molar refractivity (Wildman–Crippen MR) is 144 cm³/mol. The molecule has 1 N–H and O–H groups in total. The smallest absolute Gasteiger partial charge is 0.463 e. The average Bonchev–Trinajstić information content (AvgIpc) is 2.86. The fraction of sp³-hybridized carbons (Fsp3) is 0.500. The first-order valence-corrected chi connectivity index (χ1v) is 14.4. The molecular formula is C28H41NO8P+. The van der Waals surface area contributed by atoms with Crippen LogP contribution in [0, 0.1) is 0 Å². The number of nitrogens with zero attached hydrogens (tertiary/aromatic N) is 1. The average molecular weight is 551 g/mol. The van der Waals surface area contributed by atoms with Gasteiger partial charge in [0.2, 0.25) is 0 Å². The second-order valence-corrected chi connectivity index (χ2v) is 11.5. The summed E-state index contributed by atoms with van der Waals surface area (Å²) in [7, 11) is 1.29. The molecule has 0 aliphatic rings. The summed E-state index contributed by atoms with van der Waals surface area (Å²) < 4.78 is 33.9. The van der Waals surface area contributed by atoms with E-state index in [-0.39, 0.29) is 32.7 Å². The van der Waals surface area contributed by atoms with Crippen LogP contribution in [0.15, 0.2) is 60.7 Å². The van der Waals surface area contributed by atoms with Crippen LogP contribution in [0.2, 0.25) is 0 Å². The predicted octanol–water partition coefficient (Wildman–Crippen LogP) is 4.33. The van der Waals surface area contributed by atoms with Crippen LogP contribution in [0.3, 0.4) is 0 Å². The topological polar surface area (TPSA) is 108 Å². The van der Waals surface area contributed by atoms with E-state index < -0.39 is 25.9 Å². The lowest BCUT2D eigenvalue weighted by Crippen LogP contribution is -2.37. The highest BCUT2D eigenvalue weighted by Crippen LogP contribution is 2.44. The third kappa shape index (κ3) is 15.0.